The number of benzene rings is 1. The van der Waals surface area contributed by atoms with Crippen LogP contribution >= 0.6 is 0 Å². The Hall–Kier alpha value is -2.10. The molecule has 0 aliphatic carbocycles. The number of nitrogens with one attached hydrogen (secondary N) is 1. The molecule has 1 atom stereocenters. The molecule has 0 spiro atoms. The minimum atomic E-state index is -0.478. The highest BCUT2D eigenvalue weighted by atomic mass is 16.5. The smallest absolute Gasteiger partial charge is 0.311 e. The lowest BCUT2D eigenvalue weighted by Gasteiger charge is -2.19. The first kappa shape index (κ1) is 16.3. The summed E-state index contributed by atoms with van der Waals surface area (Å²) < 4.78 is 5.44. The molecule has 1 N–H and O–H groups in total. The first-order valence-electron chi connectivity index (χ1n) is 7.55. The number of rotatable bonds is 4. The van der Waals surface area contributed by atoms with E-state index in [0.717, 1.165) is 16.8 Å². The minimum absolute atomic E-state index is 0.183. The number of ether oxygens (including phenoxy) is 1. The topological polar surface area (TPSA) is 55.0 Å². The Balaban J connectivity index is 2.18. The monoisotopic (exact) mass is 300 g/mol. The maximum atomic E-state index is 11.9. The third-order valence-electron chi connectivity index (χ3n) is 3.89. The summed E-state index contributed by atoms with van der Waals surface area (Å²) >= 11 is 0. The SMILES string of the molecule is Cc1c(COC(=O)C(C)(C)C)cccc1C(C)c1c[nH]cn1. The van der Waals surface area contributed by atoms with Gasteiger partial charge in [-0.05, 0) is 44.4 Å². The van der Waals surface area contributed by atoms with Crippen molar-refractivity contribution in [1.82, 2.24) is 9.97 Å². The van der Waals surface area contributed by atoms with Gasteiger partial charge in [-0.1, -0.05) is 25.1 Å². The molecular weight excluding hydrogens is 276 g/mol. The molecule has 2 rings (SSSR count). The van der Waals surface area contributed by atoms with Crippen molar-refractivity contribution in [3.05, 3.63) is 53.1 Å². The molecule has 0 aliphatic rings. The second-order valence-electron chi connectivity index (χ2n) is 6.67. The lowest BCUT2D eigenvalue weighted by Crippen LogP contribution is -2.23. The lowest BCUT2D eigenvalue weighted by atomic mass is 9.91. The van der Waals surface area contributed by atoms with Gasteiger partial charge in [-0.15, -0.1) is 0 Å². The number of imidazole rings is 1. The first-order valence-corrected chi connectivity index (χ1v) is 7.55. The van der Waals surface area contributed by atoms with Gasteiger partial charge >= 0.3 is 5.97 Å². The maximum absolute atomic E-state index is 11.9. The molecule has 1 aromatic carbocycles. The highest BCUT2D eigenvalue weighted by Gasteiger charge is 2.23. The fourth-order valence-corrected chi connectivity index (χ4v) is 2.36. The number of H-pyrrole nitrogens is 1. The summed E-state index contributed by atoms with van der Waals surface area (Å²) in [4.78, 5) is 19.2. The number of aromatic nitrogens is 2. The van der Waals surface area contributed by atoms with E-state index in [1.54, 1.807) is 6.33 Å². The maximum Gasteiger partial charge on any atom is 0.311 e. The van der Waals surface area contributed by atoms with Crippen molar-refractivity contribution in [2.24, 2.45) is 5.41 Å². The molecule has 0 aliphatic heterocycles. The molecule has 0 fully saturated rings. The summed E-state index contributed by atoms with van der Waals surface area (Å²) in [7, 11) is 0. The summed E-state index contributed by atoms with van der Waals surface area (Å²) in [5.41, 5.74) is 3.92. The highest BCUT2D eigenvalue weighted by molar-refractivity contribution is 5.75. The number of aromatic amines is 1. The van der Waals surface area contributed by atoms with Crippen LogP contribution in [0.25, 0.3) is 0 Å². The van der Waals surface area contributed by atoms with Crippen LogP contribution in [0.3, 0.4) is 0 Å². The number of hydrogen-bond donors (Lipinski definition) is 1. The van der Waals surface area contributed by atoms with Crippen LogP contribution in [-0.2, 0) is 16.1 Å². The number of esters is 1. The molecule has 1 aromatic heterocycles. The van der Waals surface area contributed by atoms with Crippen molar-refractivity contribution in [2.75, 3.05) is 0 Å². The van der Waals surface area contributed by atoms with Crippen molar-refractivity contribution in [1.29, 1.82) is 0 Å². The zero-order valence-corrected chi connectivity index (χ0v) is 13.9. The summed E-state index contributed by atoms with van der Waals surface area (Å²) in [5.74, 6) is 0.0159. The van der Waals surface area contributed by atoms with Crippen LogP contribution in [-0.4, -0.2) is 15.9 Å². The van der Waals surface area contributed by atoms with E-state index in [0.29, 0.717) is 6.61 Å². The van der Waals surface area contributed by atoms with Crippen molar-refractivity contribution < 1.29 is 9.53 Å². The zero-order chi connectivity index (χ0) is 16.3. The first-order chi connectivity index (χ1) is 10.3. The molecule has 4 nitrogen and oxygen atoms in total. The minimum Gasteiger partial charge on any atom is -0.460 e. The Bertz CT molecular complexity index is 640. The fraction of sp³-hybridized carbons (Fsp3) is 0.444. The second-order valence-corrected chi connectivity index (χ2v) is 6.67. The molecule has 2 aromatic rings. The lowest BCUT2D eigenvalue weighted by molar-refractivity contribution is -0.154. The molecule has 0 bridgehead atoms. The van der Waals surface area contributed by atoms with Gasteiger partial charge in [-0.3, -0.25) is 4.79 Å². The average molecular weight is 300 g/mol. The molecule has 1 heterocycles. The van der Waals surface area contributed by atoms with E-state index in [9.17, 15) is 4.79 Å². The van der Waals surface area contributed by atoms with E-state index in [-0.39, 0.29) is 11.9 Å². The average Bonchev–Trinajstić information content (AvgIpc) is 2.98. The Morgan fingerprint density at radius 2 is 2.09 bits per heavy atom. The summed E-state index contributed by atoms with van der Waals surface area (Å²) in [6, 6.07) is 6.11. The zero-order valence-electron chi connectivity index (χ0n) is 13.9. The molecule has 0 radical (unpaired) electrons. The molecule has 0 saturated carbocycles. The predicted molar refractivity (Wildman–Crippen MR) is 86.5 cm³/mol. The van der Waals surface area contributed by atoms with Crippen molar-refractivity contribution in [3.8, 4) is 0 Å². The molecule has 0 saturated heterocycles. The highest BCUT2D eigenvalue weighted by Crippen LogP contribution is 2.27. The number of nitrogens with zero attached hydrogens (tertiary/aromatic N) is 1. The largest absolute Gasteiger partial charge is 0.460 e. The van der Waals surface area contributed by atoms with Crippen LogP contribution in [0, 0.1) is 12.3 Å². The van der Waals surface area contributed by atoms with Crippen LogP contribution in [0.1, 0.15) is 56.0 Å². The van der Waals surface area contributed by atoms with Gasteiger partial charge in [0.15, 0.2) is 0 Å². The van der Waals surface area contributed by atoms with E-state index < -0.39 is 5.41 Å². The van der Waals surface area contributed by atoms with Crippen LogP contribution in [0.15, 0.2) is 30.7 Å². The van der Waals surface area contributed by atoms with Crippen LogP contribution in [0.4, 0.5) is 0 Å². The van der Waals surface area contributed by atoms with Gasteiger partial charge in [-0.2, -0.15) is 0 Å². The Morgan fingerprint density at radius 3 is 2.68 bits per heavy atom. The molecule has 118 valence electrons. The molecule has 4 heteroatoms. The summed E-state index contributed by atoms with van der Waals surface area (Å²) in [6.45, 7) is 10.1. The Labute approximate surface area is 131 Å². The van der Waals surface area contributed by atoms with Gasteiger partial charge in [0.05, 0.1) is 17.4 Å². The molecular formula is C18H24N2O2. The molecule has 0 amide bonds. The Morgan fingerprint density at radius 1 is 1.36 bits per heavy atom. The van der Waals surface area contributed by atoms with Gasteiger partial charge in [0.2, 0.25) is 0 Å². The third kappa shape index (κ3) is 3.56. The fourth-order valence-electron chi connectivity index (χ4n) is 2.36. The van der Waals surface area contributed by atoms with Gasteiger partial charge in [-0.25, -0.2) is 4.98 Å². The van der Waals surface area contributed by atoms with Crippen LogP contribution in [0.2, 0.25) is 0 Å². The van der Waals surface area contributed by atoms with Crippen molar-refractivity contribution in [2.45, 2.75) is 47.1 Å². The number of carbonyl (C=O) groups excluding carboxylic acids is 1. The van der Waals surface area contributed by atoms with Gasteiger partial charge in [0, 0.05) is 12.1 Å². The molecule has 22 heavy (non-hydrogen) atoms. The standard InChI is InChI=1S/C18H24N2O2/c1-12-14(10-22-17(21)18(3,4)5)7-6-8-15(12)13(2)16-9-19-11-20-16/h6-9,11,13H,10H2,1-5H3,(H,19,20). The van der Waals surface area contributed by atoms with E-state index in [1.165, 1.54) is 5.56 Å². The van der Waals surface area contributed by atoms with Gasteiger partial charge < -0.3 is 9.72 Å². The summed E-state index contributed by atoms with van der Waals surface area (Å²) in [6.07, 6.45) is 3.60. The van der Waals surface area contributed by atoms with E-state index >= 15 is 0 Å². The van der Waals surface area contributed by atoms with Crippen molar-refractivity contribution in [3.63, 3.8) is 0 Å². The van der Waals surface area contributed by atoms with E-state index in [1.807, 2.05) is 39.1 Å². The van der Waals surface area contributed by atoms with Crippen LogP contribution < -0.4 is 0 Å². The Kier molecular flexibility index (Phi) is 4.69. The van der Waals surface area contributed by atoms with E-state index in [4.69, 9.17) is 4.74 Å². The van der Waals surface area contributed by atoms with Crippen LogP contribution in [0.5, 0.6) is 0 Å². The normalized spacial score (nSPS) is 13.0. The van der Waals surface area contributed by atoms with Crippen molar-refractivity contribution >= 4 is 5.97 Å². The van der Waals surface area contributed by atoms with Gasteiger partial charge in [0.25, 0.3) is 0 Å². The van der Waals surface area contributed by atoms with E-state index in [2.05, 4.69) is 29.9 Å². The number of carbonyl (C=O) groups is 1. The third-order valence-corrected chi connectivity index (χ3v) is 3.89. The quantitative estimate of drug-likeness (QED) is 0.870. The summed E-state index contributed by atoms with van der Waals surface area (Å²) in [5, 5.41) is 0. The predicted octanol–water partition coefficient (Wildman–Crippen LogP) is 3.96. The molecule has 1 unspecified atom stereocenters. The number of hydrogen-bond acceptors (Lipinski definition) is 3. The second kappa shape index (κ2) is 6.34. The van der Waals surface area contributed by atoms with Gasteiger partial charge in [0.1, 0.15) is 6.61 Å².